The molecule has 1 aliphatic heterocycles. The van der Waals surface area contributed by atoms with Gasteiger partial charge in [0.15, 0.2) is 0 Å². The van der Waals surface area contributed by atoms with Crippen LogP contribution in [0.3, 0.4) is 0 Å². The zero-order chi connectivity index (χ0) is 14.5. The van der Waals surface area contributed by atoms with Crippen LogP contribution in [0.1, 0.15) is 43.0 Å². The van der Waals surface area contributed by atoms with Crippen molar-refractivity contribution >= 4 is 6.09 Å². The average molecular weight is 276 g/mol. The third-order valence-electron chi connectivity index (χ3n) is 3.94. The third kappa shape index (κ3) is 2.96. The number of carbonyl (C=O) groups is 1. The van der Waals surface area contributed by atoms with Crippen LogP contribution in [0.25, 0.3) is 0 Å². The summed E-state index contributed by atoms with van der Waals surface area (Å²) in [5.74, 6) is 0. The minimum absolute atomic E-state index is 0.138. The van der Waals surface area contributed by atoms with Crippen LogP contribution in [-0.4, -0.2) is 31.2 Å². The van der Waals surface area contributed by atoms with Crippen LogP contribution in [0.5, 0.6) is 0 Å². The van der Waals surface area contributed by atoms with Gasteiger partial charge in [-0.25, -0.2) is 4.79 Å². The maximum Gasteiger partial charge on any atom is 0.410 e. The third-order valence-corrected chi connectivity index (χ3v) is 3.94. The molecule has 0 saturated carbocycles. The fourth-order valence-corrected chi connectivity index (χ4v) is 2.92. The Labute approximate surface area is 121 Å². The van der Waals surface area contributed by atoms with Gasteiger partial charge in [0.25, 0.3) is 0 Å². The quantitative estimate of drug-likeness (QED) is 0.919. The van der Waals surface area contributed by atoms with E-state index in [1.807, 2.05) is 4.90 Å². The molecule has 0 saturated heterocycles. The summed E-state index contributed by atoms with van der Waals surface area (Å²) in [6.07, 6.45) is 1.59. The second kappa shape index (κ2) is 6.75. The molecule has 1 heterocycles. The van der Waals surface area contributed by atoms with Crippen molar-refractivity contribution in [3.63, 3.8) is 0 Å². The molecule has 4 nitrogen and oxygen atoms in total. The van der Waals surface area contributed by atoms with E-state index in [0.717, 1.165) is 32.5 Å². The van der Waals surface area contributed by atoms with Crippen molar-refractivity contribution in [2.24, 2.45) is 0 Å². The Morgan fingerprint density at radius 3 is 2.90 bits per heavy atom. The van der Waals surface area contributed by atoms with Crippen LogP contribution in [0, 0.1) is 0 Å². The molecular weight excluding hydrogens is 252 g/mol. The summed E-state index contributed by atoms with van der Waals surface area (Å²) in [5.41, 5.74) is 3.95. The van der Waals surface area contributed by atoms with Gasteiger partial charge < -0.3 is 15.0 Å². The number of amides is 1. The Bertz CT molecular complexity index is 474. The maximum absolute atomic E-state index is 11.8. The Morgan fingerprint density at radius 2 is 2.25 bits per heavy atom. The summed E-state index contributed by atoms with van der Waals surface area (Å²) in [5, 5.41) is 3.35. The van der Waals surface area contributed by atoms with E-state index in [1.54, 1.807) is 0 Å². The highest BCUT2D eigenvalue weighted by atomic mass is 16.5. The van der Waals surface area contributed by atoms with Gasteiger partial charge in [0, 0.05) is 13.1 Å². The zero-order valence-electron chi connectivity index (χ0n) is 12.6. The normalized spacial score (nSPS) is 17.8. The SMILES string of the molecule is CCNCc1ccc2c(c1)CCN(C(=O)OC)C2CC. The van der Waals surface area contributed by atoms with Crippen LogP contribution in [0.2, 0.25) is 0 Å². The van der Waals surface area contributed by atoms with E-state index in [2.05, 4.69) is 37.4 Å². The van der Waals surface area contributed by atoms with Gasteiger partial charge in [-0.3, -0.25) is 0 Å². The van der Waals surface area contributed by atoms with Crippen LogP contribution in [0.4, 0.5) is 4.79 Å². The van der Waals surface area contributed by atoms with E-state index in [9.17, 15) is 4.79 Å². The molecule has 4 heteroatoms. The molecule has 0 bridgehead atoms. The summed E-state index contributed by atoms with van der Waals surface area (Å²) >= 11 is 0. The van der Waals surface area contributed by atoms with E-state index in [1.165, 1.54) is 23.8 Å². The highest BCUT2D eigenvalue weighted by Crippen LogP contribution is 2.33. The molecule has 0 radical (unpaired) electrons. The molecule has 1 aromatic carbocycles. The Balaban J connectivity index is 2.24. The maximum atomic E-state index is 11.8. The number of nitrogens with one attached hydrogen (secondary N) is 1. The molecule has 0 aromatic heterocycles. The topological polar surface area (TPSA) is 41.6 Å². The summed E-state index contributed by atoms with van der Waals surface area (Å²) in [7, 11) is 1.45. The lowest BCUT2D eigenvalue weighted by Gasteiger charge is -2.36. The van der Waals surface area contributed by atoms with Crippen molar-refractivity contribution in [3.8, 4) is 0 Å². The monoisotopic (exact) mass is 276 g/mol. The van der Waals surface area contributed by atoms with Crippen molar-refractivity contribution in [3.05, 3.63) is 34.9 Å². The molecule has 1 atom stereocenters. The number of hydrogen-bond donors (Lipinski definition) is 1. The predicted octanol–water partition coefficient (Wildman–Crippen LogP) is 2.87. The Morgan fingerprint density at radius 1 is 1.45 bits per heavy atom. The Kier molecular flexibility index (Phi) is 5.01. The van der Waals surface area contributed by atoms with E-state index in [0.29, 0.717) is 0 Å². The molecule has 1 aliphatic rings. The van der Waals surface area contributed by atoms with Gasteiger partial charge in [-0.2, -0.15) is 0 Å². The standard InChI is InChI=1S/C16H24N2O2/c1-4-15-14-7-6-12(11-17-5-2)10-13(14)8-9-18(15)16(19)20-3/h6-7,10,15,17H,4-5,8-9,11H2,1-3H3. The average Bonchev–Trinajstić information content (AvgIpc) is 2.50. The number of hydrogen-bond acceptors (Lipinski definition) is 3. The van der Waals surface area contributed by atoms with E-state index < -0.39 is 0 Å². The lowest BCUT2D eigenvalue weighted by atomic mass is 9.90. The van der Waals surface area contributed by atoms with E-state index in [-0.39, 0.29) is 12.1 Å². The van der Waals surface area contributed by atoms with Gasteiger partial charge in [0.1, 0.15) is 0 Å². The van der Waals surface area contributed by atoms with E-state index >= 15 is 0 Å². The molecular formula is C16H24N2O2. The van der Waals surface area contributed by atoms with Crippen molar-refractivity contribution < 1.29 is 9.53 Å². The molecule has 1 amide bonds. The molecule has 0 spiro atoms. The number of methoxy groups -OCH3 is 1. The summed E-state index contributed by atoms with van der Waals surface area (Å²) in [6, 6.07) is 6.74. The largest absolute Gasteiger partial charge is 0.453 e. The fourth-order valence-electron chi connectivity index (χ4n) is 2.92. The minimum Gasteiger partial charge on any atom is -0.453 e. The van der Waals surface area contributed by atoms with Crippen LogP contribution < -0.4 is 5.32 Å². The number of fused-ring (bicyclic) bond motifs is 1. The molecule has 20 heavy (non-hydrogen) atoms. The van der Waals surface area contributed by atoms with Gasteiger partial charge in [-0.1, -0.05) is 32.0 Å². The van der Waals surface area contributed by atoms with Gasteiger partial charge in [0.05, 0.1) is 13.2 Å². The van der Waals surface area contributed by atoms with Gasteiger partial charge in [-0.15, -0.1) is 0 Å². The summed E-state index contributed by atoms with van der Waals surface area (Å²) < 4.78 is 4.89. The molecule has 0 fully saturated rings. The summed E-state index contributed by atoms with van der Waals surface area (Å²) in [4.78, 5) is 13.7. The Hall–Kier alpha value is -1.55. The van der Waals surface area contributed by atoms with Crippen LogP contribution >= 0.6 is 0 Å². The summed E-state index contributed by atoms with van der Waals surface area (Å²) in [6.45, 7) is 6.84. The predicted molar refractivity (Wildman–Crippen MR) is 79.7 cm³/mol. The zero-order valence-corrected chi connectivity index (χ0v) is 12.6. The highest BCUT2D eigenvalue weighted by molar-refractivity contribution is 5.69. The smallest absolute Gasteiger partial charge is 0.410 e. The van der Waals surface area contributed by atoms with Gasteiger partial charge in [-0.05, 0) is 36.1 Å². The van der Waals surface area contributed by atoms with Crippen molar-refractivity contribution in [1.29, 1.82) is 0 Å². The molecule has 2 rings (SSSR count). The lowest BCUT2D eigenvalue weighted by molar-refractivity contribution is 0.0995. The number of carbonyl (C=O) groups excluding carboxylic acids is 1. The van der Waals surface area contributed by atoms with E-state index in [4.69, 9.17) is 4.74 Å². The second-order valence-electron chi connectivity index (χ2n) is 5.15. The molecule has 1 N–H and O–H groups in total. The number of nitrogens with zero attached hydrogens (tertiary/aromatic N) is 1. The van der Waals surface area contributed by atoms with Crippen molar-refractivity contribution in [2.75, 3.05) is 20.2 Å². The number of rotatable bonds is 4. The molecule has 1 unspecified atom stereocenters. The van der Waals surface area contributed by atoms with Crippen molar-refractivity contribution in [1.82, 2.24) is 10.2 Å². The fraction of sp³-hybridized carbons (Fsp3) is 0.562. The highest BCUT2D eigenvalue weighted by Gasteiger charge is 2.30. The van der Waals surface area contributed by atoms with Crippen LogP contribution in [0.15, 0.2) is 18.2 Å². The number of benzene rings is 1. The molecule has 110 valence electrons. The van der Waals surface area contributed by atoms with Crippen LogP contribution in [-0.2, 0) is 17.7 Å². The first kappa shape index (κ1) is 14.9. The first-order valence-corrected chi connectivity index (χ1v) is 7.38. The minimum atomic E-state index is -0.223. The van der Waals surface area contributed by atoms with Crippen molar-refractivity contribution in [2.45, 2.75) is 39.3 Å². The number of ether oxygens (including phenoxy) is 1. The lowest BCUT2D eigenvalue weighted by Crippen LogP contribution is -2.39. The second-order valence-corrected chi connectivity index (χ2v) is 5.15. The molecule has 1 aromatic rings. The van der Waals surface area contributed by atoms with Gasteiger partial charge >= 0.3 is 6.09 Å². The first-order valence-electron chi connectivity index (χ1n) is 7.38. The van der Waals surface area contributed by atoms with Gasteiger partial charge in [0.2, 0.25) is 0 Å². The molecule has 0 aliphatic carbocycles. The first-order chi connectivity index (χ1) is 9.71.